The van der Waals surface area contributed by atoms with Gasteiger partial charge in [0.25, 0.3) is 0 Å². The third kappa shape index (κ3) is 6.19. The van der Waals surface area contributed by atoms with Crippen molar-refractivity contribution >= 4 is 34.7 Å². The fourth-order valence-electron chi connectivity index (χ4n) is 2.84. The number of thioether (sulfide) groups is 1. The third-order valence-electron chi connectivity index (χ3n) is 4.36. The van der Waals surface area contributed by atoms with Gasteiger partial charge in [-0.25, -0.2) is 15.0 Å². The van der Waals surface area contributed by atoms with E-state index in [1.165, 1.54) is 12.5 Å². The first-order chi connectivity index (χ1) is 14.2. The summed E-state index contributed by atoms with van der Waals surface area (Å²) < 4.78 is 6.98. The molecule has 2 heterocycles. The number of aromatic nitrogens is 4. The summed E-state index contributed by atoms with van der Waals surface area (Å²) in [7, 11) is 0. The molecular weight excluding hydrogens is 386 g/mol. The van der Waals surface area contributed by atoms with Crippen molar-refractivity contribution in [2.45, 2.75) is 44.8 Å². The number of imidazole rings is 1. The van der Waals surface area contributed by atoms with E-state index in [1.807, 2.05) is 22.8 Å². The maximum absolute atomic E-state index is 11.0. The number of carbonyl (C=O) groups is 1. The molecular formula is C21H27N5O2S. The quantitative estimate of drug-likeness (QED) is 0.221. The molecule has 0 bridgehead atoms. The van der Waals surface area contributed by atoms with Crippen LogP contribution >= 0.6 is 11.8 Å². The van der Waals surface area contributed by atoms with Crippen LogP contribution in [0.4, 0.5) is 5.82 Å². The number of fused-ring (bicyclic) bond motifs is 1. The van der Waals surface area contributed by atoms with Crippen molar-refractivity contribution in [3.05, 3.63) is 42.2 Å². The van der Waals surface area contributed by atoms with Gasteiger partial charge >= 0.3 is 5.97 Å². The first-order valence-corrected chi connectivity index (χ1v) is 10.9. The highest BCUT2D eigenvalue weighted by atomic mass is 32.2. The Morgan fingerprint density at radius 2 is 2.07 bits per heavy atom. The summed E-state index contributed by atoms with van der Waals surface area (Å²) in [6, 6.07) is 10.4. The van der Waals surface area contributed by atoms with Crippen LogP contribution < -0.4 is 5.32 Å². The summed E-state index contributed by atoms with van der Waals surface area (Å²) in [4.78, 5) is 25.0. The smallest absolute Gasteiger partial charge is 0.302 e. The van der Waals surface area contributed by atoms with E-state index in [9.17, 15) is 4.79 Å². The van der Waals surface area contributed by atoms with E-state index in [4.69, 9.17) is 14.7 Å². The van der Waals surface area contributed by atoms with Crippen LogP contribution in [0.15, 0.2) is 41.8 Å². The lowest BCUT2D eigenvalue weighted by Crippen LogP contribution is -2.10. The van der Waals surface area contributed by atoms with Crippen LogP contribution in [0.2, 0.25) is 0 Å². The van der Waals surface area contributed by atoms with E-state index < -0.39 is 0 Å². The van der Waals surface area contributed by atoms with Crippen LogP contribution in [0.3, 0.4) is 0 Å². The number of hydrogen-bond donors (Lipinski definition) is 1. The van der Waals surface area contributed by atoms with Gasteiger partial charge in [0.1, 0.15) is 6.61 Å². The van der Waals surface area contributed by atoms with E-state index in [0.717, 1.165) is 53.7 Å². The summed E-state index contributed by atoms with van der Waals surface area (Å²) in [6.45, 7) is 5.14. The van der Waals surface area contributed by atoms with Gasteiger partial charge in [0.2, 0.25) is 0 Å². The lowest BCUT2D eigenvalue weighted by Gasteiger charge is -2.10. The molecule has 0 aliphatic carbocycles. The van der Waals surface area contributed by atoms with Crippen molar-refractivity contribution in [3.63, 3.8) is 0 Å². The average molecular weight is 414 g/mol. The number of esters is 1. The Morgan fingerprint density at radius 3 is 2.83 bits per heavy atom. The Balaban J connectivity index is 1.77. The fraction of sp³-hybridized carbons (Fsp3) is 0.429. The summed E-state index contributed by atoms with van der Waals surface area (Å²) in [5.41, 5.74) is 2.77. The SMILES string of the molecule is CCCCSc1nc(NCCc2ccccc2)c2ncn(CCOC(C)=O)c2n1. The summed E-state index contributed by atoms with van der Waals surface area (Å²) in [5.74, 6) is 1.44. The van der Waals surface area contributed by atoms with Crippen molar-refractivity contribution in [2.24, 2.45) is 0 Å². The van der Waals surface area contributed by atoms with Gasteiger partial charge in [0.05, 0.1) is 12.9 Å². The second-order valence-electron chi connectivity index (χ2n) is 6.67. The molecule has 1 aromatic carbocycles. The number of carbonyl (C=O) groups excluding carboxylic acids is 1. The second kappa shape index (κ2) is 10.8. The van der Waals surface area contributed by atoms with Gasteiger partial charge in [-0.3, -0.25) is 4.79 Å². The van der Waals surface area contributed by atoms with Gasteiger partial charge in [-0.1, -0.05) is 55.4 Å². The Morgan fingerprint density at radius 1 is 1.24 bits per heavy atom. The molecule has 29 heavy (non-hydrogen) atoms. The molecule has 1 N–H and O–H groups in total. The number of rotatable bonds is 11. The minimum absolute atomic E-state index is 0.289. The van der Waals surface area contributed by atoms with Crippen LogP contribution in [0.5, 0.6) is 0 Å². The van der Waals surface area contributed by atoms with Gasteiger partial charge < -0.3 is 14.6 Å². The van der Waals surface area contributed by atoms with Crippen LogP contribution in [0.1, 0.15) is 32.3 Å². The van der Waals surface area contributed by atoms with Crippen molar-refractivity contribution in [3.8, 4) is 0 Å². The van der Waals surface area contributed by atoms with Gasteiger partial charge in [-0.05, 0) is 18.4 Å². The Hall–Kier alpha value is -2.61. The molecule has 2 aromatic heterocycles. The largest absolute Gasteiger partial charge is 0.464 e. The summed E-state index contributed by atoms with van der Waals surface area (Å²) >= 11 is 1.66. The normalized spacial score (nSPS) is 11.0. The number of unbranched alkanes of at least 4 members (excludes halogenated alkanes) is 1. The summed E-state index contributed by atoms with van der Waals surface area (Å²) in [6.07, 6.45) is 4.88. The van der Waals surface area contributed by atoms with E-state index in [-0.39, 0.29) is 5.97 Å². The van der Waals surface area contributed by atoms with Gasteiger partial charge in [0.15, 0.2) is 22.1 Å². The van der Waals surface area contributed by atoms with E-state index >= 15 is 0 Å². The maximum Gasteiger partial charge on any atom is 0.302 e. The highest BCUT2D eigenvalue weighted by molar-refractivity contribution is 7.99. The zero-order valence-corrected chi connectivity index (χ0v) is 17.7. The monoisotopic (exact) mass is 413 g/mol. The maximum atomic E-state index is 11.0. The minimum Gasteiger partial charge on any atom is -0.464 e. The molecule has 154 valence electrons. The molecule has 8 heteroatoms. The predicted molar refractivity (Wildman–Crippen MR) is 116 cm³/mol. The molecule has 0 fully saturated rings. The Bertz CT molecular complexity index is 929. The minimum atomic E-state index is -0.289. The molecule has 0 atom stereocenters. The molecule has 7 nitrogen and oxygen atoms in total. The molecule has 0 unspecified atom stereocenters. The lowest BCUT2D eigenvalue weighted by molar-refractivity contribution is -0.141. The second-order valence-corrected chi connectivity index (χ2v) is 7.73. The van der Waals surface area contributed by atoms with Crippen LogP contribution in [-0.4, -0.2) is 44.4 Å². The first kappa shape index (κ1) is 21.1. The molecule has 0 saturated heterocycles. The standard InChI is InChI=1S/C21H27N5O2S/c1-3-4-14-29-21-24-19(22-11-10-17-8-6-5-7-9-17)18-20(25-21)26(15-23-18)12-13-28-16(2)27/h5-9,15H,3-4,10-14H2,1-2H3,(H,22,24,25). The number of anilines is 1. The van der Waals surface area contributed by atoms with Crippen LogP contribution in [-0.2, 0) is 22.5 Å². The molecule has 0 aliphatic rings. The zero-order valence-electron chi connectivity index (χ0n) is 16.9. The van der Waals surface area contributed by atoms with E-state index in [1.54, 1.807) is 18.1 Å². The van der Waals surface area contributed by atoms with Gasteiger partial charge in [0, 0.05) is 19.2 Å². The van der Waals surface area contributed by atoms with Crippen molar-refractivity contribution in [1.82, 2.24) is 19.5 Å². The zero-order chi connectivity index (χ0) is 20.5. The number of nitrogens with one attached hydrogen (secondary N) is 1. The number of benzene rings is 1. The third-order valence-corrected chi connectivity index (χ3v) is 5.29. The van der Waals surface area contributed by atoms with Crippen LogP contribution in [0, 0.1) is 0 Å². The average Bonchev–Trinajstić information content (AvgIpc) is 3.12. The number of nitrogens with zero attached hydrogens (tertiary/aromatic N) is 4. The lowest BCUT2D eigenvalue weighted by atomic mass is 10.1. The van der Waals surface area contributed by atoms with Crippen molar-refractivity contribution < 1.29 is 9.53 Å². The highest BCUT2D eigenvalue weighted by Crippen LogP contribution is 2.24. The van der Waals surface area contributed by atoms with Crippen molar-refractivity contribution in [1.29, 1.82) is 0 Å². The van der Waals surface area contributed by atoms with Gasteiger partial charge in [-0.2, -0.15) is 0 Å². The molecule has 0 saturated carbocycles. The molecule has 0 aliphatic heterocycles. The molecule has 3 aromatic rings. The predicted octanol–water partition coefficient (Wildman–Crippen LogP) is 3.94. The Labute approximate surface area is 175 Å². The topological polar surface area (TPSA) is 81.9 Å². The fourth-order valence-corrected chi connectivity index (χ4v) is 3.76. The van der Waals surface area contributed by atoms with E-state index in [2.05, 4.69) is 29.4 Å². The molecule has 0 spiro atoms. The molecule has 0 amide bonds. The van der Waals surface area contributed by atoms with E-state index in [0.29, 0.717) is 13.2 Å². The first-order valence-electron chi connectivity index (χ1n) is 9.94. The number of hydrogen-bond acceptors (Lipinski definition) is 7. The highest BCUT2D eigenvalue weighted by Gasteiger charge is 2.14. The molecule has 0 radical (unpaired) electrons. The molecule has 3 rings (SSSR count). The van der Waals surface area contributed by atoms with Crippen LogP contribution in [0.25, 0.3) is 11.2 Å². The number of ether oxygens (including phenoxy) is 1. The van der Waals surface area contributed by atoms with Crippen molar-refractivity contribution in [2.75, 3.05) is 24.2 Å². The summed E-state index contributed by atoms with van der Waals surface area (Å²) in [5, 5.41) is 4.17. The van der Waals surface area contributed by atoms with Gasteiger partial charge in [-0.15, -0.1) is 0 Å². The Kier molecular flexibility index (Phi) is 7.86.